The first-order valence-electron chi connectivity index (χ1n) is 8.13. The molecule has 25 heavy (non-hydrogen) atoms. The van der Waals surface area contributed by atoms with Crippen molar-refractivity contribution in [2.75, 3.05) is 43.4 Å². The molecule has 140 valence electrons. The minimum atomic E-state index is -0.0185. The van der Waals surface area contributed by atoms with Crippen LogP contribution in [-0.4, -0.2) is 56.0 Å². The Morgan fingerprint density at radius 1 is 1.24 bits per heavy atom. The molecule has 2 amide bonds. The van der Waals surface area contributed by atoms with E-state index in [4.69, 9.17) is 0 Å². The van der Waals surface area contributed by atoms with Crippen molar-refractivity contribution in [3.63, 3.8) is 0 Å². The van der Waals surface area contributed by atoms with Gasteiger partial charge in [0.1, 0.15) is 0 Å². The van der Waals surface area contributed by atoms with Crippen molar-refractivity contribution in [3.8, 4) is 0 Å². The van der Waals surface area contributed by atoms with Crippen LogP contribution in [0.4, 0.5) is 11.4 Å². The molecule has 2 N–H and O–H groups in total. The average Bonchev–Trinajstić information content (AvgIpc) is 3.08. The molecule has 0 aliphatic carbocycles. The standard InChI is InChI=1S/C17H24N4O2.2ClH/c1-12(22)20(2)15-5-3-14(4-6-15)19-17(23)11-21-9-13-7-8-18-16(13)10-21;;/h3-6,13,16,18H,7-11H2,1-2H3,(H,19,23);2*1H/t13-,16+;;/m0../s1. The van der Waals surface area contributed by atoms with Crippen molar-refractivity contribution in [2.24, 2.45) is 5.92 Å². The van der Waals surface area contributed by atoms with Crippen LogP contribution in [0.5, 0.6) is 0 Å². The topological polar surface area (TPSA) is 64.7 Å². The lowest BCUT2D eigenvalue weighted by atomic mass is 10.1. The average molecular weight is 389 g/mol. The minimum absolute atomic E-state index is 0. The van der Waals surface area contributed by atoms with Gasteiger partial charge in [0.15, 0.2) is 0 Å². The summed E-state index contributed by atoms with van der Waals surface area (Å²) in [6.07, 6.45) is 1.22. The monoisotopic (exact) mass is 388 g/mol. The summed E-state index contributed by atoms with van der Waals surface area (Å²) in [7, 11) is 1.73. The molecule has 0 unspecified atom stereocenters. The van der Waals surface area contributed by atoms with Crippen LogP contribution in [0.15, 0.2) is 24.3 Å². The summed E-state index contributed by atoms with van der Waals surface area (Å²) in [5, 5.41) is 6.42. The second-order valence-electron chi connectivity index (χ2n) is 6.48. The smallest absolute Gasteiger partial charge is 0.238 e. The molecule has 1 aromatic rings. The Morgan fingerprint density at radius 2 is 1.92 bits per heavy atom. The van der Waals surface area contributed by atoms with E-state index in [9.17, 15) is 9.59 Å². The number of hydrogen-bond donors (Lipinski definition) is 2. The lowest BCUT2D eigenvalue weighted by molar-refractivity contribution is -0.117. The lowest BCUT2D eigenvalue weighted by Crippen LogP contribution is -2.35. The maximum atomic E-state index is 12.2. The SMILES string of the molecule is CC(=O)N(C)c1ccc(NC(=O)CN2C[C@@H]3CCN[C@@H]3C2)cc1.Cl.Cl. The molecule has 2 saturated heterocycles. The van der Waals surface area contributed by atoms with E-state index in [0.717, 1.165) is 31.0 Å². The van der Waals surface area contributed by atoms with Gasteiger partial charge in [-0.3, -0.25) is 14.5 Å². The number of carbonyl (C=O) groups excluding carboxylic acids is 2. The van der Waals surface area contributed by atoms with E-state index in [1.165, 1.54) is 13.3 Å². The number of halogens is 2. The molecule has 1 aromatic carbocycles. The van der Waals surface area contributed by atoms with E-state index in [1.807, 2.05) is 24.3 Å². The van der Waals surface area contributed by atoms with Gasteiger partial charge in [-0.05, 0) is 43.1 Å². The Kier molecular flexibility index (Phi) is 8.15. The fourth-order valence-electron chi connectivity index (χ4n) is 3.42. The number of likely N-dealkylation sites (tertiary alicyclic amines) is 1. The van der Waals surface area contributed by atoms with E-state index in [2.05, 4.69) is 15.5 Å². The predicted molar refractivity (Wildman–Crippen MR) is 105 cm³/mol. The van der Waals surface area contributed by atoms with E-state index in [0.29, 0.717) is 18.5 Å². The van der Waals surface area contributed by atoms with Crippen LogP contribution in [0, 0.1) is 5.92 Å². The van der Waals surface area contributed by atoms with Crippen molar-refractivity contribution in [3.05, 3.63) is 24.3 Å². The van der Waals surface area contributed by atoms with Crippen LogP contribution in [0.1, 0.15) is 13.3 Å². The van der Waals surface area contributed by atoms with Crippen LogP contribution in [0.3, 0.4) is 0 Å². The third-order valence-corrected chi connectivity index (χ3v) is 4.82. The van der Waals surface area contributed by atoms with Gasteiger partial charge in [-0.1, -0.05) is 0 Å². The summed E-state index contributed by atoms with van der Waals surface area (Å²) < 4.78 is 0. The largest absolute Gasteiger partial charge is 0.325 e. The molecule has 2 heterocycles. The molecule has 8 heteroatoms. The normalized spacial score (nSPS) is 21.7. The Labute approximate surface area is 161 Å². The fraction of sp³-hybridized carbons (Fsp3) is 0.529. The molecule has 2 fully saturated rings. The second-order valence-corrected chi connectivity index (χ2v) is 6.48. The second kappa shape index (κ2) is 9.38. The summed E-state index contributed by atoms with van der Waals surface area (Å²) in [4.78, 5) is 27.3. The van der Waals surface area contributed by atoms with E-state index < -0.39 is 0 Å². The van der Waals surface area contributed by atoms with Crippen LogP contribution in [-0.2, 0) is 9.59 Å². The van der Waals surface area contributed by atoms with Gasteiger partial charge in [-0.15, -0.1) is 24.8 Å². The van der Waals surface area contributed by atoms with Crippen molar-refractivity contribution in [1.29, 1.82) is 0 Å². The molecule has 2 atom stereocenters. The number of benzene rings is 1. The van der Waals surface area contributed by atoms with Gasteiger partial charge in [-0.25, -0.2) is 0 Å². The van der Waals surface area contributed by atoms with Crippen LogP contribution in [0.25, 0.3) is 0 Å². The van der Waals surface area contributed by atoms with E-state index in [1.54, 1.807) is 11.9 Å². The summed E-state index contributed by atoms with van der Waals surface area (Å²) in [6, 6.07) is 7.88. The van der Waals surface area contributed by atoms with E-state index >= 15 is 0 Å². The Bertz CT molecular complexity index is 585. The first-order valence-corrected chi connectivity index (χ1v) is 8.13. The lowest BCUT2D eigenvalue weighted by Gasteiger charge is -2.17. The van der Waals surface area contributed by atoms with E-state index in [-0.39, 0.29) is 36.6 Å². The van der Waals surface area contributed by atoms with Gasteiger partial charge in [0.05, 0.1) is 6.54 Å². The van der Waals surface area contributed by atoms with Crippen LogP contribution < -0.4 is 15.5 Å². The first kappa shape index (κ1) is 21.7. The zero-order valence-corrected chi connectivity index (χ0v) is 16.2. The molecular weight excluding hydrogens is 363 g/mol. The number of amides is 2. The van der Waals surface area contributed by atoms with Crippen molar-refractivity contribution in [1.82, 2.24) is 10.2 Å². The van der Waals surface area contributed by atoms with Crippen LogP contribution in [0.2, 0.25) is 0 Å². The quantitative estimate of drug-likeness (QED) is 0.824. The number of rotatable bonds is 4. The third kappa shape index (κ3) is 5.31. The number of nitrogens with one attached hydrogen (secondary N) is 2. The minimum Gasteiger partial charge on any atom is -0.325 e. The zero-order valence-electron chi connectivity index (χ0n) is 14.5. The highest BCUT2D eigenvalue weighted by Crippen LogP contribution is 2.24. The summed E-state index contributed by atoms with van der Waals surface area (Å²) in [6.45, 7) is 5.03. The molecular formula is C17H26Cl2N4O2. The molecule has 0 radical (unpaired) electrons. The van der Waals surface area contributed by atoms with Crippen molar-refractivity contribution in [2.45, 2.75) is 19.4 Å². The fourth-order valence-corrected chi connectivity index (χ4v) is 3.42. The maximum Gasteiger partial charge on any atom is 0.238 e. The van der Waals surface area contributed by atoms with Gasteiger partial charge in [0, 0.05) is 44.5 Å². The molecule has 2 aliphatic heterocycles. The highest BCUT2D eigenvalue weighted by Gasteiger charge is 2.36. The predicted octanol–water partition coefficient (Wildman–Crippen LogP) is 1.75. The summed E-state index contributed by atoms with van der Waals surface area (Å²) in [5.41, 5.74) is 1.57. The number of carbonyl (C=O) groups is 2. The molecule has 2 aliphatic rings. The van der Waals surface area contributed by atoms with Gasteiger partial charge < -0.3 is 15.5 Å². The van der Waals surface area contributed by atoms with Gasteiger partial charge >= 0.3 is 0 Å². The van der Waals surface area contributed by atoms with Crippen molar-refractivity contribution >= 4 is 48.0 Å². The van der Waals surface area contributed by atoms with Gasteiger partial charge in [0.25, 0.3) is 0 Å². The molecule has 0 saturated carbocycles. The summed E-state index contributed by atoms with van der Waals surface area (Å²) >= 11 is 0. The highest BCUT2D eigenvalue weighted by atomic mass is 35.5. The molecule has 3 rings (SSSR count). The highest BCUT2D eigenvalue weighted by molar-refractivity contribution is 5.93. The number of hydrogen-bond acceptors (Lipinski definition) is 4. The summed E-state index contributed by atoms with van der Waals surface area (Å²) in [5.74, 6) is 0.692. The van der Waals surface area contributed by atoms with Gasteiger partial charge in [0.2, 0.25) is 11.8 Å². The number of fused-ring (bicyclic) bond motifs is 1. The molecule has 6 nitrogen and oxygen atoms in total. The number of anilines is 2. The zero-order chi connectivity index (χ0) is 16.4. The van der Waals surface area contributed by atoms with Crippen molar-refractivity contribution < 1.29 is 9.59 Å². The molecule has 0 aromatic heterocycles. The van der Waals surface area contributed by atoms with Crippen LogP contribution >= 0.6 is 24.8 Å². The first-order chi connectivity index (χ1) is 11.0. The third-order valence-electron chi connectivity index (χ3n) is 4.82. The van der Waals surface area contributed by atoms with Gasteiger partial charge in [-0.2, -0.15) is 0 Å². The Balaban J connectivity index is 0.00000156. The number of nitrogens with zero attached hydrogens (tertiary/aromatic N) is 2. The molecule has 0 bridgehead atoms. The Hall–Kier alpha value is -1.34. The molecule has 0 spiro atoms. The Morgan fingerprint density at radius 3 is 2.52 bits per heavy atom. The maximum absolute atomic E-state index is 12.2.